The van der Waals surface area contributed by atoms with Crippen LogP contribution < -0.4 is 15.1 Å². The lowest BCUT2D eigenvalue weighted by molar-refractivity contribution is -1.02. The Hall–Kier alpha value is -2.05. The van der Waals surface area contributed by atoms with Crippen molar-refractivity contribution in [1.29, 1.82) is 0 Å². The van der Waals surface area contributed by atoms with Gasteiger partial charge in [0, 0.05) is 11.4 Å². The third kappa shape index (κ3) is 3.76. The number of rotatable bonds is 5. The summed E-state index contributed by atoms with van der Waals surface area (Å²) in [6.07, 6.45) is 4.45. The van der Waals surface area contributed by atoms with Crippen molar-refractivity contribution in [1.82, 2.24) is 5.32 Å². The Morgan fingerprint density at radius 1 is 1.18 bits per heavy atom. The van der Waals surface area contributed by atoms with Crippen molar-refractivity contribution in [2.45, 2.75) is 52.1 Å². The molecular formula is C22H33N3O3+2. The molecule has 2 aliphatic rings. The van der Waals surface area contributed by atoms with Gasteiger partial charge in [0.25, 0.3) is 5.91 Å². The van der Waals surface area contributed by atoms with Gasteiger partial charge in [0.15, 0.2) is 0 Å². The van der Waals surface area contributed by atoms with E-state index in [2.05, 4.69) is 12.2 Å². The Balaban J connectivity index is 1.64. The highest BCUT2D eigenvalue weighted by molar-refractivity contribution is 6.09. The smallest absolute Gasteiger partial charge is 0.255 e. The molecule has 0 spiro atoms. The fraction of sp³-hybridized carbons (Fsp3) is 0.591. The Bertz CT molecular complexity index is 846. The van der Waals surface area contributed by atoms with Crippen LogP contribution in [0.3, 0.4) is 0 Å². The Morgan fingerprint density at radius 3 is 2.54 bits per heavy atom. The molecule has 152 valence electrons. The number of nitrogens with one attached hydrogen (secondary N) is 3. The molecule has 1 amide bonds. The van der Waals surface area contributed by atoms with Crippen molar-refractivity contribution >= 4 is 16.9 Å². The Labute approximate surface area is 166 Å². The third-order valence-corrected chi connectivity index (χ3v) is 6.62. The first kappa shape index (κ1) is 19.3. The van der Waals surface area contributed by atoms with E-state index < -0.39 is 0 Å². The molecule has 0 bridgehead atoms. The monoisotopic (exact) mass is 387 g/mol. The van der Waals surface area contributed by atoms with Crippen molar-refractivity contribution in [3.8, 4) is 5.75 Å². The number of furan rings is 1. The molecule has 6 nitrogen and oxygen atoms in total. The molecular weight excluding hydrogens is 354 g/mol. The topological polar surface area (TPSA) is 71.3 Å². The van der Waals surface area contributed by atoms with Crippen LogP contribution >= 0.6 is 0 Å². The van der Waals surface area contributed by atoms with E-state index >= 15 is 0 Å². The number of carbonyl (C=O) groups is 1. The maximum absolute atomic E-state index is 13.1. The molecule has 0 radical (unpaired) electrons. The van der Waals surface area contributed by atoms with Gasteiger partial charge < -0.3 is 24.6 Å². The van der Waals surface area contributed by atoms with Crippen LogP contribution in [-0.2, 0) is 6.54 Å². The summed E-state index contributed by atoms with van der Waals surface area (Å²) < 4.78 is 5.92. The maximum atomic E-state index is 13.1. The number of carbonyl (C=O) groups excluding carboxylic acids is 1. The van der Waals surface area contributed by atoms with Gasteiger partial charge in [0.2, 0.25) is 0 Å². The number of aromatic hydroxyl groups is 1. The first-order chi connectivity index (χ1) is 13.6. The number of amides is 1. The van der Waals surface area contributed by atoms with E-state index in [-0.39, 0.29) is 17.7 Å². The number of hydrogen-bond acceptors (Lipinski definition) is 3. The zero-order valence-electron chi connectivity index (χ0n) is 17.1. The summed E-state index contributed by atoms with van der Waals surface area (Å²) in [6, 6.07) is 3.74. The van der Waals surface area contributed by atoms with Crippen LogP contribution in [0.5, 0.6) is 5.75 Å². The average molecular weight is 388 g/mol. The number of benzene rings is 1. The molecule has 0 unspecified atom stereocenters. The van der Waals surface area contributed by atoms with E-state index in [9.17, 15) is 9.90 Å². The highest BCUT2D eigenvalue weighted by Crippen LogP contribution is 2.33. The third-order valence-electron chi connectivity index (χ3n) is 6.62. The minimum Gasteiger partial charge on any atom is -0.507 e. The van der Waals surface area contributed by atoms with Crippen molar-refractivity contribution in [2.24, 2.45) is 0 Å². The second-order valence-corrected chi connectivity index (χ2v) is 8.45. The molecule has 0 atom stereocenters. The van der Waals surface area contributed by atoms with Crippen LogP contribution in [-0.4, -0.2) is 49.8 Å². The van der Waals surface area contributed by atoms with Crippen molar-refractivity contribution in [3.63, 3.8) is 0 Å². The number of piperazine rings is 1. The van der Waals surface area contributed by atoms with E-state index in [4.69, 9.17) is 4.42 Å². The summed E-state index contributed by atoms with van der Waals surface area (Å²) in [4.78, 5) is 16.2. The first-order valence-electron chi connectivity index (χ1n) is 10.8. The van der Waals surface area contributed by atoms with Crippen LogP contribution in [0.2, 0.25) is 0 Å². The van der Waals surface area contributed by atoms with Crippen molar-refractivity contribution < 1.29 is 24.1 Å². The fourth-order valence-electron chi connectivity index (χ4n) is 4.88. The summed E-state index contributed by atoms with van der Waals surface area (Å²) in [5.41, 5.74) is 2.14. The van der Waals surface area contributed by atoms with Gasteiger partial charge in [-0.1, -0.05) is 12.8 Å². The number of quaternary nitrogens is 2. The van der Waals surface area contributed by atoms with Crippen LogP contribution in [0, 0.1) is 6.92 Å². The van der Waals surface area contributed by atoms with E-state index in [0.29, 0.717) is 16.9 Å². The fourth-order valence-corrected chi connectivity index (χ4v) is 4.88. The largest absolute Gasteiger partial charge is 0.507 e. The minimum atomic E-state index is -0.0646. The summed E-state index contributed by atoms with van der Waals surface area (Å²) in [7, 11) is 0. The minimum absolute atomic E-state index is 0.0646. The van der Waals surface area contributed by atoms with E-state index in [1.807, 2.05) is 6.92 Å². The summed E-state index contributed by atoms with van der Waals surface area (Å²) in [5, 5.41) is 14.6. The van der Waals surface area contributed by atoms with Gasteiger partial charge in [-0.05, 0) is 38.8 Å². The van der Waals surface area contributed by atoms with Crippen molar-refractivity contribution in [3.05, 3.63) is 29.0 Å². The lowest BCUT2D eigenvalue weighted by Gasteiger charge is -2.29. The molecule has 4 N–H and O–H groups in total. The predicted molar refractivity (Wildman–Crippen MR) is 108 cm³/mol. The average Bonchev–Trinajstić information content (AvgIpc) is 3.31. The van der Waals surface area contributed by atoms with Gasteiger partial charge in [-0.15, -0.1) is 0 Å². The molecule has 1 aliphatic carbocycles. The SMILES string of the molecule is CC[NH+]1CC[NH+](Cc2c(O)ccc3oc(C)c(C(=O)NC4CCCC4)c23)CC1. The number of hydrogen-bond donors (Lipinski definition) is 4. The van der Waals surface area contributed by atoms with Gasteiger partial charge >= 0.3 is 0 Å². The van der Waals surface area contributed by atoms with Gasteiger partial charge in [-0.25, -0.2) is 0 Å². The predicted octanol–water partition coefficient (Wildman–Crippen LogP) is 0.423. The van der Waals surface area contributed by atoms with Crippen LogP contribution in [0.25, 0.3) is 11.0 Å². The molecule has 2 heterocycles. The van der Waals surface area contributed by atoms with Crippen LogP contribution in [0.1, 0.15) is 54.3 Å². The highest BCUT2D eigenvalue weighted by atomic mass is 16.3. The highest BCUT2D eigenvalue weighted by Gasteiger charge is 2.28. The molecule has 2 fully saturated rings. The Morgan fingerprint density at radius 2 is 1.86 bits per heavy atom. The molecule has 1 aromatic heterocycles. The van der Waals surface area contributed by atoms with E-state index in [1.54, 1.807) is 17.0 Å². The van der Waals surface area contributed by atoms with Crippen LogP contribution in [0.4, 0.5) is 0 Å². The lowest BCUT2D eigenvalue weighted by Crippen LogP contribution is -3.27. The quantitative estimate of drug-likeness (QED) is 0.601. The zero-order valence-corrected chi connectivity index (χ0v) is 17.1. The van der Waals surface area contributed by atoms with Gasteiger partial charge in [-0.2, -0.15) is 0 Å². The summed E-state index contributed by atoms with van der Waals surface area (Å²) >= 11 is 0. The summed E-state index contributed by atoms with van der Waals surface area (Å²) in [6.45, 7) is 10.4. The van der Waals surface area contributed by atoms with E-state index in [1.165, 1.54) is 24.3 Å². The standard InChI is InChI=1S/C22H31N3O3/c1-3-24-10-12-25(13-11-24)14-17-18(26)8-9-19-21(17)20(15(2)28-19)22(27)23-16-6-4-5-7-16/h8-9,16,26H,3-7,10-14H2,1-2H3,(H,23,27)/p+2. The number of fused-ring (bicyclic) bond motifs is 1. The second kappa shape index (κ2) is 8.13. The molecule has 1 saturated heterocycles. The molecule has 1 aromatic carbocycles. The normalized spacial score (nSPS) is 23.4. The van der Waals surface area contributed by atoms with Gasteiger partial charge in [-0.3, -0.25) is 4.79 Å². The van der Waals surface area contributed by atoms with Gasteiger partial charge in [0.1, 0.15) is 49.8 Å². The van der Waals surface area contributed by atoms with Crippen molar-refractivity contribution in [2.75, 3.05) is 32.7 Å². The van der Waals surface area contributed by atoms with E-state index in [0.717, 1.165) is 56.5 Å². The lowest BCUT2D eigenvalue weighted by atomic mass is 10.0. The molecule has 28 heavy (non-hydrogen) atoms. The number of phenols is 1. The molecule has 4 rings (SSSR count). The number of likely N-dealkylation sites (N-methyl/N-ethyl adjacent to an activating group) is 1. The molecule has 1 aliphatic heterocycles. The summed E-state index contributed by atoms with van der Waals surface area (Å²) in [5.74, 6) is 0.832. The zero-order chi connectivity index (χ0) is 19.7. The maximum Gasteiger partial charge on any atom is 0.255 e. The molecule has 6 heteroatoms. The molecule has 1 saturated carbocycles. The molecule has 2 aromatic rings. The van der Waals surface area contributed by atoms with Crippen LogP contribution in [0.15, 0.2) is 16.5 Å². The second-order valence-electron chi connectivity index (χ2n) is 8.45. The van der Waals surface area contributed by atoms with Gasteiger partial charge in [0.05, 0.1) is 17.7 Å². The number of phenolic OH excluding ortho intramolecular Hbond substituents is 1. The first-order valence-corrected chi connectivity index (χ1v) is 10.8. The Kier molecular flexibility index (Phi) is 5.60. The number of aryl methyl sites for hydroxylation is 1.